The lowest BCUT2D eigenvalue weighted by Gasteiger charge is -2.14. The third-order valence-electron chi connectivity index (χ3n) is 2.55. The molecule has 0 bridgehead atoms. The Morgan fingerprint density at radius 2 is 1.61 bits per heavy atom. The van der Waals surface area contributed by atoms with Crippen LogP contribution >= 0.6 is 0 Å². The Kier molecular flexibility index (Phi) is 6.07. The number of carbonyl (C=O) groups excluding carboxylic acids is 2. The molecule has 124 valence electrons. The molecular formula is C14H15NO8. The monoisotopic (exact) mass is 325 g/mol. The number of hydrogen-bond acceptors (Lipinski definition) is 6. The van der Waals surface area contributed by atoms with E-state index in [1.54, 1.807) is 0 Å². The number of benzene rings is 1. The number of esters is 2. The van der Waals surface area contributed by atoms with E-state index in [4.69, 9.17) is 19.7 Å². The fourth-order valence-corrected chi connectivity index (χ4v) is 1.74. The molecule has 0 aliphatic heterocycles. The highest BCUT2D eigenvalue weighted by atomic mass is 16.6. The van der Waals surface area contributed by atoms with Gasteiger partial charge in [0.2, 0.25) is 0 Å². The van der Waals surface area contributed by atoms with Crippen LogP contribution in [0, 0.1) is 0 Å². The highest BCUT2D eigenvalue weighted by Gasteiger charge is 2.21. The van der Waals surface area contributed by atoms with Gasteiger partial charge in [-0.05, 0) is 17.7 Å². The van der Waals surface area contributed by atoms with Gasteiger partial charge in [0.1, 0.15) is 6.04 Å². The Labute approximate surface area is 130 Å². The van der Waals surface area contributed by atoms with Crippen molar-refractivity contribution in [1.29, 1.82) is 0 Å². The number of ether oxygens (including phenoxy) is 2. The van der Waals surface area contributed by atoms with E-state index in [2.05, 4.69) is 0 Å². The van der Waals surface area contributed by atoms with Crippen LogP contribution in [0.5, 0.6) is 11.5 Å². The number of carbonyl (C=O) groups is 4. The smallest absolute Gasteiger partial charge is 0.405 e. The highest BCUT2D eigenvalue weighted by Crippen LogP contribution is 2.29. The number of amides is 1. The number of hydrogen-bond donors (Lipinski definition) is 3. The molecule has 1 atom stereocenters. The van der Waals surface area contributed by atoms with E-state index in [1.165, 1.54) is 25.1 Å². The van der Waals surface area contributed by atoms with Crippen molar-refractivity contribution in [2.45, 2.75) is 26.3 Å². The van der Waals surface area contributed by atoms with E-state index >= 15 is 0 Å². The number of carboxylic acid groups (broad SMARTS) is 2. The molecule has 0 spiro atoms. The lowest BCUT2D eigenvalue weighted by atomic mass is 10.1. The first kappa shape index (κ1) is 18.0. The van der Waals surface area contributed by atoms with Crippen LogP contribution in [0.3, 0.4) is 0 Å². The van der Waals surface area contributed by atoms with Crippen molar-refractivity contribution in [2.24, 2.45) is 0 Å². The predicted molar refractivity (Wildman–Crippen MR) is 75.3 cm³/mol. The first-order valence-corrected chi connectivity index (χ1v) is 6.41. The Balaban J connectivity index is 3.07. The maximum atomic E-state index is 11.1. The zero-order valence-electron chi connectivity index (χ0n) is 12.4. The summed E-state index contributed by atoms with van der Waals surface area (Å²) in [5.74, 6) is -2.71. The summed E-state index contributed by atoms with van der Waals surface area (Å²) >= 11 is 0. The van der Waals surface area contributed by atoms with Crippen molar-refractivity contribution in [3.05, 3.63) is 23.8 Å². The molecule has 23 heavy (non-hydrogen) atoms. The average Bonchev–Trinajstić information content (AvgIpc) is 2.39. The fourth-order valence-electron chi connectivity index (χ4n) is 1.74. The molecular weight excluding hydrogens is 310 g/mol. The van der Waals surface area contributed by atoms with Gasteiger partial charge in [0, 0.05) is 20.3 Å². The van der Waals surface area contributed by atoms with Crippen LogP contribution in [0.15, 0.2) is 18.2 Å². The van der Waals surface area contributed by atoms with Gasteiger partial charge in [-0.25, -0.2) is 9.59 Å². The highest BCUT2D eigenvalue weighted by molar-refractivity contribution is 5.79. The van der Waals surface area contributed by atoms with Crippen LogP contribution in [-0.4, -0.2) is 40.3 Å². The van der Waals surface area contributed by atoms with Crippen LogP contribution < -0.4 is 14.8 Å². The normalized spacial score (nSPS) is 11.2. The quantitative estimate of drug-likeness (QED) is 0.515. The van der Waals surface area contributed by atoms with Crippen LogP contribution in [0.1, 0.15) is 19.4 Å². The molecule has 3 N–H and O–H groups in total. The maximum Gasteiger partial charge on any atom is 0.405 e. The summed E-state index contributed by atoms with van der Waals surface area (Å²) in [5.41, 5.74) is 0.373. The van der Waals surface area contributed by atoms with Crippen molar-refractivity contribution in [1.82, 2.24) is 5.32 Å². The molecule has 9 heteroatoms. The SMILES string of the molecule is CC(=O)Oc1ccc(C[C@H](NC(=O)O)C(=O)O)cc1OC(C)=O. The van der Waals surface area contributed by atoms with Crippen LogP contribution in [0.2, 0.25) is 0 Å². The van der Waals surface area contributed by atoms with E-state index in [-0.39, 0.29) is 17.9 Å². The van der Waals surface area contributed by atoms with Crippen molar-refractivity contribution in [3.8, 4) is 11.5 Å². The van der Waals surface area contributed by atoms with Gasteiger partial charge in [-0.3, -0.25) is 9.59 Å². The molecule has 1 rings (SSSR count). The van der Waals surface area contributed by atoms with Crippen LogP contribution in [0.4, 0.5) is 4.79 Å². The third kappa shape index (κ3) is 6.04. The van der Waals surface area contributed by atoms with Gasteiger partial charge in [0.25, 0.3) is 0 Å². The first-order chi connectivity index (χ1) is 10.7. The van der Waals surface area contributed by atoms with Gasteiger partial charge in [-0.1, -0.05) is 6.07 Å². The number of rotatable bonds is 6. The third-order valence-corrected chi connectivity index (χ3v) is 2.55. The van der Waals surface area contributed by atoms with Gasteiger partial charge < -0.3 is 25.0 Å². The molecule has 0 aromatic heterocycles. The standard InChI is InChI=1S/C14H15NO8/c1-7(16)22-11-4-3-9(6-12(11)23-8(2)17)5-10(13(18)19)15-14(20)21/h3-4,6,10,15H,5H2,1-2H3,(H,18,19)(H,20,21)/t10-/m0/s1. The Hall–Kier alpha value is -3.10. The van der Waals surface area contributed by atoms with E-state index in [1.807, 2.05) is 5.32 Å². The van der Waals surface area contributed by atoms with Crippen molar-refractivity contribution >= 4 is 24.0 Å². The van der Waals surface area contributed by atoms with Gasteiger partial charge >= 0.3 is 24.0 Å². The van der Waals surface area contributed by atoms with Crippen molar-refractivity contribution < 1.29 is 38.9 Å². The van der Waals surface area contributed by atoms with Gasteiger partial charge in [-0.15, -0.1) is 0 Å². The van der Waals surface area contributed by atoms with Gasteiger partial charge in [0.15, 0.2) is 11.5 Å². The first-order valence-electron chi connectivity index (χ1n) is 6.41. The maximum absolute atomic E-state index is 11.1. The average molecular weight is 325 g/mol. The van der Waals surface area contributed by atoms with E-state index in [0.29, 0.717) is 5.56 Å². The molecule has 0 aliphatic rings. The van der Waals surface area contributed by atoms with E-state index in [0.717, 1.165) is 6.92 Å². The fraction of sp³-hybridized carbons (Fsp3) is 0.286. The summed E-state index contributed by atoms with van der Waals surface area (Å²) in [4.78, 5) is 43.7. The number of nitrogens with one attached hydrogen (secondary N) is 1. The molecule has 9 nitrogen and oxygen atoms in total. The molecule has 0 fully saturated rings. The lowest BCUT2D eigenvalue weighted by Crippen LogP contribution is -2.41. The minimum atomic E-state index is -1.48. The summed E-state index contributed by atoms with van der Waals surface area (Å²) < 4.78 is 9.79. The van der Waals surface area contributed by atoms with Crippen LogP contribution in [0.25, 0.3) is 0 Å². The molecule has 0 unspecified atom stereocenters. The summed E-state index contributed by atoms with van der Waals surface area (Å²) in [6, 6.07) is 2.69. The Bertz CT molecular complexity index is 640. The summed E-state index contributed by atoms with van der Waals surface area (Å²) in [6.45, 7) is 2.32. The van der Waals surface area contributed by atoms with Gasteiger partial charge in [-0.2, -0.15) is 0 Å². The predicted octanol–water partition coefficient (Wildman–Crippen LogP) is 0.800. The molecule has 1 amide bonds. The Morgan fingerprint density at radius 3 is 2.09 bits per heavy atom. The molecule has 0 saturated carbocycles. The minimum absolute atomic E-state index is 0.00508. The summed E-state index contributed by atoms with van der Waals surface area (Å²) in [6.07, 6.45) is -1.66. The lowest BCUT2D eigenvalue weighted by molar-refractivity contribution is -0.139. The molecule has 0 radical (unpaired) electrons. The minimum Gasteiger partial charge on any atom is -0.480 e. The van der Waals surface area contributed by atoms with Crippen LogP contribution in [-0.2, 0) is 20.8 Å². The second-order valence-corrected chi connectivity index (χ2v) is 4.51. The summed E-state index contributed by atoms with van der Waals surface area (Å²) in [5, 5.41) is 19.5. The van der Waals surface area contributed by atoms with E-state index < -0.39 is 30.0 Å². The van der Waals surface area contributed by atoms with Crippen molar-refractivity contribution in [3.63, 3.8) is 0 Å². The largest absolute Gasteiger partial charge is 0.480 e. The molecule has 1 aromatic carbocycles. The topological polar surface area (TPSA) is 139 Å². The second kappa shape index (κ2) is 7.78. The molecule has 0 heterocycles. The molecule has 1 aromatic rings. The number of aliphatic carboxylic acids is 1. The molecule has 0 saturated heterocycles. The number of carboxylic acids is 1. The second-order valence-electron chi connectivity index (χ2n) is 4.51. The zero-order chi connectivity index (χ0) is 17.6. The Morgan fingerprint density at radius 1 is 1.04 bits per heavy atom. The zero-order valence-corrected chi connectivity index (χ0v) is 12.4. The summed E-state index contributed by atoms with van der Waals surface area (Å²) in [7, 11) is 0. The molecule has 0 aliphatic carbocycles. The van der Waals surface area contributed by atoms with Gasteiger partial charge in [0.05, 0.1) is 0 Å². The van der Waals surface area contributed by atoms with Crippen molar-refractivity contribution in [2.75, 3.05) is 0 Å². The van der Waals surface area contributed by atoms with E-state index in [9.17, 15) is 19.2 Å².